The van der Waals surface area contributed by atoms with Crippen molar-refractivity contribution in [2.24, 2.45) is 0 Å². The molecule has 0 aromatic heterocycles. The molecule has 0 unspecified atom stereocenters. The van der Waals surface area contributed by atoms with E-state index < -0.39 is 0 Å². The van der Waals surface area contributed by atoms with Crippen molar-refractivity contribution >= 4 is 57.2 Å². The lowest BCUT2D eigenvalue weighted by molar-refractivity contribution is 0.332. The van der Waals surface area contributed by atoms with Gasteiger partial charge < -0.3 is 9.80 Å². The highest BCUT2D eigenvalue weighted by Crippen LogP contribution is 2.54. The molecule has 73 heavy (non-hydrogen) atoms. The van der Waals surface area contributed by atoms with Crippen LogP contribution in [0.4, 0.5) is 34.1 Å². The van der Waals surface area contributed by atoms with Crippen LogP contribution in [0.2, 0.25) is 0 Å². The monoisotopic (exact) mass is 955 g/mol. The quantitative estimate of drug-likeness (QED) is 0.147. The van der Waals surface area contributed by atoms with Crippen LogP contribution in [0.3, 0.4) is 0 Å². The van der Waals surface area contributed by atoms with Crippen LogP contribution in [0.15, 0.2) is 170 Å². The SMILES string of the molecule is CC(C)c1cc2c3c(c1)N(c1cc(-c4ccccc4)c(C(C)(C)C)cc1-c1ccccc1)c1cc4c(cc1B3c1ccc(C(C)(C)c3ccccc3)cc1N2c1cccc(C(C)(C)C)c1)C(C)(C)CCC4(C)C. The molecule has 0 fully saturated rings. The van der Waals surface area contributed by atoms with Crippen LogP contribution in [-0.2, 0) is 27.1 Å². The molecule has 368 valence electrons. The summed E-state index contributed by atoms with van der Waals surface area (Å²) in [7, 11) is 0. The number of rotatable bonds is 7. The molecule has 0 spiro atoms. The summed E-state index contributed by atoms with van der Waals surface area (Å²) in [4.78, 5) is 5.39. The normalized spacial score (nSPS) is 15.7. The summed E-state index contributed by atoms with van der Waals surface area (Å²) in [5.41, 5.74) is 25.8. The minimum atomic E-state index is -0.236. The molecule has 2 nitrogen and oxygen atoms in total. The second-order valence-electron chi connectivity index (χ2n) is 25.9. The first-order chi connectivity index (χ1) is 34.5. The maximum absolute atomic E-state index is 2.73. The van der Waals surface area contributed by atoms with Crippen LogP contribution in [-0.4, -0.2) is 6.71 Å². The minimum absolute atomic E-state index is 0.00158. The summed E-state index contributed by atoms with van der Waals surface area (Å²) in [6, 6.07) is 65.9. The number of fused-ring (bicyclic) bond motifs is 5. The molecular weight excluding hydrogens is 880 g/mol. The highest BCUT2D eigenvalue weighted by atomic mass is 15.2. The third kappa shape index (κ3) is 8.18. The van der Waals surface area contributed by atoms with Crippen molar-refractivity contribution in [1.29, 1.82) is 0 Å². The molecular formula is C70H75BN2. The van der Waals surface area contributed by atoms with E-state index >= 15 is 0 Å². The summed E-state index contributed by atoms with van der Waals surface area (Å²) in [5.74, 6) is 0.274. The van der Waals surface area contributed by atoms with Crippen molar-refractivity contribution in [2.45, 2.75) is 143 Å². The second kappa shape index (κ2) is 17.3. The van der Waals surface area contributed by atoms with Crippen molar-refractivity contribution < 1.29 is 0 Å². The predicted molar refractivity (Wildman–Crippen MR) is 317 cm³/mol. The van der Waals surface area contributed by atoms with E-state index in [1.54, 1.807) is 0 Å². The molecule has 11 rings (SSSR count). The Bertz CT molecular complexity index is 3420. The molecule has 3 heteroatoms. The van der Waals surface area contributed by atoms with Gasteiger partial charge in [-0.15, -0.1) is 0 Å². The van der Waals surface area contributed by atoms with Gasteiger partial charge in [-0.25, -0.2) is 0 Å². The Kier molecular flexibility index (Phi) is 11.5. The zero-order valence-corrected chi connectivity index (χ0v) is 46.1. The molecule has 1 aliphatic carbocycles. The van der Waals surface area contributed by atoms with Crippen LogP contribution in [0.1, 0.15) is 155 Å². The Labute approximate surface area is 438 Å². The van der Waals surface area contributed by atoms with Crippen LogP contribution in [0.25, 0.3) is 22.3 Å². The standard InChI is InChI=1S/C70H75BN2/c1-45(2)48-37-63-65-64(38-48)73(60-42-53(46-25-18-15-19-26-46)55(67(6,7)8)41-54(60)47-27-20-16-21-28-47)62-44-57-56(68(9,10)35-36-69(57,11)12)43-59(62)71(65)58-34-33-51(70(13,14)49-29-22-17-23-30-49)40-61(58)72(63)52-32-24-31-50(39-52)66(3,4)5/h15-34,37-45H,35-36H2,1-14H3. The predicted octanol–water partition coefficient (Wildman–Crippen LogP) is 17.5. The fraction of sp³-hybridized carbons (Fsp3) is 0.314. The van der Waals surface area contributed by atoms with Crippen molar-refractivity contribution in [3.05, 3.63) is 209 Å². The molecule has 0 atom stereocenters. The van der Waals surface area contributed by atoms with E-state index in [1.165, 1.54) is 112 Å². The summed E-state index contributed by atoms with van der Waals surface area (Å²) in [6.45, 7) is 33.6. The van der Waals surface area contributed by atoms with Crippen molar-refractivity contribution in [2.75, 3.05) is 9.80 Å². The third-order valence-corrected chi connectivity index (χ3v) is 17.3. The Morgan fingerprint density at radius 2 is 0.986 bits per heavy atom. The fourth-order valence-corrected chi connectivity index (χ4v) is 12.6. The van der Waals surface area contributed by atoms with E-state index in [1.807, 2.05) is 0 Å². The molecule has 8 aromatic carbocycles. The molecule has 8 aromatic rings. The Morgan fingerprint density at radius 1 is 0.438 bits per heavy atom. The largest absolute Gasteiger partial charge is 0.311 e. The maximum atomic E-state index is 2.73. The van der Waals surface area contributed by atoms with E-state index in [9.17, 15) is 0 Å². The Hall–Kier alpha value is -6.58. The van der Waals surface area contributed by atoms with E-state index in [0.717, 1.165) is 12.8 Å². The van der Waals surface area contributed by atoms with E-state index in [4.69, 9.17) is 0 Å². The van der Waals surface area contributed by atoms with Crippen LogP contribution in [0.5, 0.6) is 0 Å². The lowest BCUT2D eigenvalue weighted by atomic mass is 9.33. The van der Waals surface area contributed by atoms with Gasteiger partial charge in [0.2, 0.25) is 0 Å². The highest BCUT2D eigenvalue weighted by molar-refractivity contribution is 7.00. The molecule has 0 saturated heterocycles. The topological polar surface area (TPSA) is 6.48 Å². The Morgan fingerprint density at radius 3 is 1.58 bits per heavy atom. The van der Waals surface area contributed by atoms with Crippen molar-refractivity contribution in [3.63, 3.8) is 0 Å². The first-order valence-corrected chi connectivity index (χ1v) is 27.1. The minimum Gasteiger partial charge on any atom is -0.311 e. The molecule has 0 N–H and O–H groups in total. The first kappa shape index (κ1) is 48.7. The summed E-state index contributed by atoms with van der Waals surface area (Å²) < 4.78 is 0. The van der Waals surface area contributed by atoms with Gasteiger partial charge in [0.15, 0.2) is 0 Å². The Balaban J connectivity index is 1.31. The molecule has 2 aliphatic heterocycles. The number of benzene rings is 8. The number of hydrogen-bond donors (Lipinski definition) is 0. The molecule has 0 amide bonds. The smallest absolute Gasteiger partial charge is 0.252 e. The highest BCUT2D eigenvalue weighted by Gasteiger charge is 2.47. The lowest BCUT2D eigenvalue weighted by Crippen LogP contribution is -2.62. The third-order valence-electron chi connectivity index (χ3n) is 17.3. The van der Waals surface area contributed by atoms with E-state index in [2.05, 4.69) is 277 Å². The zero-order valence-electron chi connectivity index (χ0n) is 46.1. The van der Waals surface area contributed by atoms with Gasteiger partial charge in [0, 0.05) is 39.4 Å². The van der Waals surface area contributed by atoms with Gasteiger partial charge >= 0.3 is 0 Å². The number of hydrogen-bond acceptors (Lipinski definition) is 2. The summed E-state index contributed by atoms with van der Waals surface area (Å²) in [5, 5.41) is 0. The summed E-state index contributed by atoms with van der Waals surface area (Å²) in [6.07, 6.45) is 2.30. The van der Waals surface area contributed by atoms with Gasteiger partial charge in [0.25, 0.3) is 6.71 Å². The van der Waals surface area contributed by atoms with Gasteiger partial charge in [-0.2, -0.15) is 0 Å². The molecule has 0 radical (unpaired) electrons. The van der Waals surface area contributed by atoms with Gasteiger partial charge in [-0.05, 0) is 161 Å². The van der Waals surface area contributed by atoms with Crippen LogP contribution in [0, 0.1) is 0 Å². The fourth-order valence-electron chi connectivity index (χ4n) is 12.6. The van der Waals surface area contributed by atoms with Crippen LogP contribution >= 0.6 is 0 Å². The number of anilines is 6. The number of nitrogens with zero attached hydrogens (tertiary/aromatic N) is 2. The van der Waals surface area contributed by atoms with Crippen LogP contribution < -0.4 is 26.2 Å². The molecule has 2 heterocycles. The van der Waals surface area contributed by atoms with Crippen molar-refractivity contribution in [1.82, 2.24) is 0 Å². The van der Waals surface area contributed by atoms with Gasteiger partial charge in [0.05, 0.1) is 5.69 Å². The zero-order chi connectivity index (χ0) is 51.6. The average molecular weight is 955 g/mol. The molecule has 0 bridgehead atoms. The lowest BCUT2D eigenvalue weighted by Gasteiger charge is -2.48. The second-order valence-corrected chi connectivity index (χ2v) is 25.9. The molecule has 3 aliphatic rings. The molecule has 0 saturated carbocycles. The van der Waals surface area contributed by atoms with E-state index in [0.29, 0.717) is 0 Å². The van der Waals surface area contributed by atoms with E-state index in [-0.39, 0.29) is 39.7 Å². The van der Waals surface area contributed by atoms with Crippen molar-refractivity contribution in [3.8, 4) is 22.3 Å². The maximum Gasteiger partial charge on any atom is 0.252 e. The van der Waals surface area contributed by atoms with Gasteiger partial charge in [-0.1, -0.05) is 218 Å². The van der Waals surface area contributed by atoms with Gasteiger partial charge in [-0.3, -0.25) is 0 Å². The average Bonchev–Trinajstić information content (AvgIpc) is 3.38. The van der Waals surface area contributed by atoms with Gasteiger partial charge in [0.1, 0.15) is 0 Å². The summed E-state index contributed by atoms with van der Waals surface area (Å²) >= 11 is 0. The first-order valence-electron chi connectivity index (χ1n) is 27.1.